The number of benzene rings is 1. The van der Waals surface area contributed by atoms with Gasteiger partial charge in [-0.05, 0) is 31.5 Å². The van der Waals surface area contributed by atoms with E-state index >= 15 is 0 Å². The van der Waals surface area contributed by atoms with Crippen LogP contribution < -0.4 is 10.5 Å². The Kier molecular flexibility index (Phi) is 4.29. The van der Waals surface area contributed by atoms with E-state index < -0.39 is 5.97 Å². The van der Waals surface area contributed by atoms with Crippen LogP contribution >= 0.6 is 11.3 Å². The van der Waals surface area contributed by atoms with Crippen molar-refractivity contribution >= 4 is 23.0 Å². The number of nitrogen functional groups attached to an aromatic ring is 1. The number of methoxy groups -OCH3 is 1. The van der Waals surface area contributed by atoms with Crippen LogP contribution in [0.25, 0.3) is 11.1 Å². The molecule has 5 heteroatoms. The number of hydrogen-bond acceptors (Lipinski definition) is 5. The number of hydrogen-bond donors (Lipinski definition) is 1. The van der Waals surface area contributed by atoms with E-state index in [1.54, 1.807) is 0 Å². The minimum atomic E-state index is -0.396. The summed E-state index contributed by atoms with van der Waals surface area (Å²) in [5.41, 5.74) is 8.42. The summed E-state index contributed by atoms with van der Waals surface area (Å²) in [6.45, 7) is 4.52. The number of anilines is 1. The van der Waals surface area contributed by atoms with E-state index in [4.69, 9.17) is 15.2 Å². The van der Waals surface area contributed by atoms with Crippen LogP contribution in [-0.2, 0) is 4.74 Å². The molecule has 0 unspecified atom stereocenters. The molecule has 2 aromatic rings. The maximum atomic E-state index is 11.7. The van der Waals surface area contributed by atoms with Crippen LogP contribution in [0, 0.1) is 6.92 Å². The second kappa shape index (κ2) is 5.96. The Hall–Kier alpha value is -2.01. The molecule has 0 saturated heterocycles. The van der Waals surface area contributed by atoms with Crippen LogP contribution in [0.5, 0.6) is 5.75 Å². The summed E-state index contributed by atoms with van der Waals surface area (Å²) in [5.74, 6) is 0.420. The van der Waals surface area contributed by atoms with Gasteiger partial charge in [-0.25, -0.2) is 4.79 Å². The Morgan fingerprint density at radius 1 is 1.30 bits per heavy atom. The van der Waals surface area contributed by atoms with Crippen molar-refractivity contribution in [2.45, 2.75) is 13.8 Å². The monoisotopic (exact) mass is 291 g/mol. The molecule has 0 aliphatic rings. The molecule has 1 aromatic heterocycles. The van der Waals surface area contributed by atoms with Gasteiger partial charge in [0.15, 0.2) is 0 Å². The predicted octanol–water partition coefficient (Wildman–Crippen LogP) is 3.49. The molecule has 0 saturated carbocycles. The first-order chi connectivity index (χ1) is 9.58. The number of carbonyl (C=O) groups is 1. The Bertz CT molecular complexity index is 617. The molecule has 0 spiro atoms. The smallest absolute Gasteiger partial charge is 0.350 e. The Morgan fingerprint density at radius 3 is 2.50 bits per heavy atom. The van der Waals surface area contributed by atoms with Crippen molar-refractivity contribution in [2.24, 2.45) is 0 Å². The molecule has 0 bridgehead atoms. The average Bonchev–Trinajstić information content (AvgIpc) is 2.75. The van der Waals surface area contributed by atoms with Gasteiger partial charge >= 0.3 is 5.97 Å². The van der Waals surface area contributed by atoms with Crippen LogP contribution in [0.4, 0.5) is 5.69 Å². The van der Waals surface area contributed by atoms with E-state index in [9.17, 15) is 4.79 Å². The number of nitrogens with two attached hydrogens (primary N) is 1. The third-order valence-corrected chi connectivity index (χ3v) is 4.05. The molecule has 2 rings (SSSR count). The fraction of sp³-hybridized carbons (Fsp3) is 0.267. The van der Waals surface area contributed by atoms with Gasteiger partial charge in [0.05, 0.1) is 19.4 Å². The van der Waals surface area contributed by atoms with Gasteiger partial charge in [0.1, 0.15) is 10.6 Å². The van der Waals surface area contributed by atoms with Crippen molar-refractivity contribution in [3.63, 3.8) is 0 Å². The Labute approximate surface area is 122 Å². The standard InChI is InChI=1S/C15H17NO3S/c1-4-19-11-7-5-10(6-8-11)12-9(2)20-14(13(12)16)15(17)18-3/h5-8H,4,16H2,1-3H3. The van der Waals surface area contributed by atoms with Crippen LogP contribution in [0.15, 0.2) is 24.3 Å². The van der Waals surface area contributed by atoms with Crippen molar-refractivity contribution in [1.29, 1.82) is 0 Å². The number of rotatable bonds is 4. The van der Waals surface area contributed by atoms with Crippen LogP contribution in [0.1, 0.15) is 21.5 Å². The molecule has 0 fully saturated rings. The molecule has 0 radical (unpaired) electrons. The minimum Gasteiger partial charge on any atom is -0.494 e. The molecule has 106 valence electrons. The van der Waals surface area contributed by atoms with Crippen LogP contribution in [0.3, 0.4) is 0 Å². The lowest BCUT2D eigenvalue weighted by Crippen LogP contribution is -2.02. The second-order valence-corrected chi connectivity index (χ2v) is 5.45. The molecule has 0 aliphatic carbocycles. The van der Waals surface area contributed by atoms with Crippen molar-refractivity contribution in [1.82, 2.24) is 0 Å². The highest BCUT2D eigenvalue weighted by Gasteiger charge is 2.20. The number of carbonyl (C=O) groups excluding carboxylic acids is 1. The predicted molar refractivity (Wildman–Crippen MR) is 81.4 cm³/mol. The van der Waals surface area contributed by atoms with Crippen molar-refractivity contribution in [3.8, 4) is 16.9 Å². The summed E-state index contributed by atoms with van der Waals surface area (Å²) in [6, 6.07) is 7.68. The quantitative estimate of drug-likeness (QED) is 0.876. The molecular formula is C15H17NO3S. The fourth-order valence-electron chi connectivity index (χ4n) is 2.05. The maximum Gasteiger partial charge on any atom is 0.350 e. The Morgan fingerprint density at radius 2 is 1.95 bits per heavy atom. The fourth-order valence-corrected chi connectivity index (χ4v) is 3.06. The summed E-state index contributed by atoms with van der Waals surface area (Å²) >= 11 is 1.35. The van der Waals surface area contributed by atoms with Gasteiger partial charge in [-0.1, -0.05) is 12.1 Å². The van der Waals surface area contributed by atoms with Gasteiger partial charge in [-0.15, -0.1) is 11.3 Å². The molecule has 1 aromatic carbocycles. The highest BCUT2D eigenvalue weighted by Crippen LogP contribution is 2.39. The van der Waals surface area contributed by atoms with Crippen molar-refractivity contribution < 1.29 is 14.3 Å². The molecule has 0 amide bonds. The number of esters is 1. The van der Waals surface area contributed by atoms with Crippen molar-refractivity contribution in [2.75, 3.05) is 19.5 Å². The van der Waals surface area contributed by atoms with Gasteiger partial charge in [0.25, 0.3) is 0 Å². The van der Waals surface area contributed by atoms with Gasteiger partial charge in [-0.2, -0.15) is 0 Å². The first-order valence-corrected chi connectivity index (χ1v) is 7.10. The summed E-state index contributed by atoms with van der Waals surface area (Å²) in [7, 11) is 1.35. The van der Waals surface area contributed by atoms with Gasteiger partial charge in [0, 0.05) is 10.4 Å². The third kappa shape index (κ3) is 2.63. The maximum absolute atomic E-state index is 11.7. The van der Waals surface area contributed by atoms with E-state index in [0.717, 1.165) is 21.8 Å². The molecule has 0 aliphatic heterocycles. The molecule has 20 heavy (non-hydrogen) atoms. The van der Waals surface area contributed by atoms with Gasteiger partial charge in [0.2, 0.25) is 0 Å². The van der Waals surface area contributed by atoms with E-state index in [1.807, 2.05) is 38.1 Å². The zero-order chi connectivity index (χ0) is 14.7. The van der Waals surface area contributed by atoms with Crippen molar-refractivity contribution in [3.05, 3.63) is 34.0 Å². The van der Waals surface area contributed by atoms with E-state index in [0.29, 0.717) is 17.2 Å². The zero-order valence-electron chi connectivity index (χ0n) is 11.7. The Balaban J connectivity index is 2.42. The topological polar surface area (TPSA) is 61.5 Å². The summed E-state index contributed by atoms with van der Waals surface area (Å²) in [4.78, 5) is 13.1. The summed E-state index contributed by atoms with van der Waals surface area (Å²) in [6.07, 6.45) is 0. The molecule has 1 heterocycles. The number of ether oxygens (including phenoxy) is 2. The lowest BCUT2D eigenvalue weighted by atomic mass is 10.0. The molecule has 2 N–H and O–H groups in total. The normalized spacial score (nSPS) is 10.3. The third-order valence-electron chi connectivity index (χ3n) is 2.95. The largest absolute Gasteiger partial charge is 0.494 e. The summed E-state index contributed by atoms with van der Waals surface area (Å²) < 4.78 is 10.2. The van der Waals surface area contributed by atoms with Gasteiger partial charge in [-0.3, -0.25) is 0 Å². The van der Waals surface area contributed by atoms with Gasteiger partial charge < -0.3 is 15.2 Å². The second-order valence-electron chi connectivity index (χ2n) is 4.23. The molecule has 4 nitrogen and oxygen atoms in total. The zero-order valence-corrected chi connectivity index (χ0v) is 12.5. The SMILES string of the molecule is CCOc1ccc(-c2c(C)sc(C(=O)OC)c2N)cc1. The highest BCUT2D eigenvalue weighted by molar-refractivity contribution is 7.15. The lowest BCUT2D eigenvalue weighted by molar-refractivity contribution is 0.0607. The summed E-state index contributed by atoms with van der Waals surface area (Å²) in [5, 5.41) is 0. The lowest BCUT2D eigenvalue weighted by Gasteiger charge is -2.06. The van der Waals surface area contributed by atoms with E-state index in [1.165, 1.54) is 18.4 Å². The average molecular weight is 291 g/mol. The minimum absolute atomic E-state index is 0.396. The highest BCUT2D eigenvalue weighted by atomic mass is 32.1. The number of aryl methyl sites for hydroxylation is 1. The first-order valence-electron chi connectivity index (χ1n) is 6.28. The first kappa shape index (κ1) is 14.4. The van der Waals surface area contributed by atoms with E-state index in [-0.39, 0.29) is 0 Å². The van der Waals surface area contributed by atoms with Crippen LogP contribution in [-0.4, -0.2) is 19.7 Å². The van der Waals surface area contributed by atoms with E-state index in [2.05, 4.69) is 0 Å². The number of thiophene rings is 1. The molecular weight excluding hydrogens is 274 g/mol. The van der Waals surface area contributed by atoms with Crippen LogP contribution in [0.2, 0.25) is 0 Å². The molecule has 0 atom stereocenters.